The first-order valence-electron chi connectivity index (χ1n) is 7.29. The topological polar surface area (TPSA) is 95.6 Å². The van der Waals surface area contributed by atoms with Crippen molar-refractivity contribution in [1.82, 2.24) is 15.5 Å². The first-order chi connectivity index (χ1) is 9.79. The lowest BCUT2D eigenvalue weighted by Gasteiger charge is -2.39. The van der Waals surface area contributed by atoms with Crippen molar-refractivity contribution < 1.29 is 19.2 Å². The van der Waals surface area contributed by atoms with Gasteiger partial charge in [-0.05, 0) is 33.6 Å². The van der Waals surface area contributed by atoms with E-state index in [0.29, 0.717) is 12.8 Å². The largest absolute Gasteiger partial charge is 0.352 e. The molecule has 1 saturated carbocycles. The van der Waals surface area contributed by atoms with E-state index in [1.54, 1.807) is 13.8 Å². The predicted octanol–water partition coefficient (Wildman–Crippen LogP) is 0.538. The number of nitrogens with one attached hydrogen (secondary N) is 2. The molecule has 0 aromatic carbocycles. The molecule has 7 nitrogen and oxygen atoms in total. The second-order valence-corrected chi connectivity index (χ2v) is 6.06. The van der Waals surface area contributed by atoms with Gasteiger partial charge in [-0.15, -0.1) is 0 Å². The molecule has 2 fully saturated rings. The molecule has 1 aliphatic heterocycles. The van der Waals surface area contributed by atoms with Crippen LogP contribution in [-0.4, -0.2) is 40.7 Å². The van der Waals surface area contributed by atoms with Crippen LogP contribution in [0.2, 0.25) is 0 Å². The highest BCUT2D eigenvalue weighted by Gasteiger charge is 2.56. The van der Waals surface area contributed by atoms with Gasteiger partial charge in [0.25, 0.3) is 0 Å². The molecule has 1 unspecified atom stereocenters. The minimum atomic E-state index is -1.17. The number of amides is 5. The van der Waals surface area contributed by atoms with Crippen molar-refractivity contribution in [1.29, 1.82) is 0 Å². The highest BCUT2D eigenvalue weighted by Crippen LogP contribution is 2.42. The summed E-state index contributed by atoms with van der Waals surface area (Å²) in [5, 5.41) is 4.90. The van der Waals surface area contributed by atoms with Gasteiger partial charge in [-0.2, -0.15) is 0 Å². The van der Waals surface area contributed by atoms with Crippen molar-refractivity contribution in [2.75, 3.05) is 0 Å². The highest BCUT2D eigenvalue weighted by molar-refractivity contribution is 6.20. The molecule has 5 amide bonds. The highest BCUT2D eigenvalue weighted by atomic mass is 16.2. The zero-order valence-corrected chi connectivity index (χ0v) is 12.6. The maximum Gasteiger partial charge on any atom is 0.331 e. The summed E-state index contributed by atoms with van der Waals surface area (Å²) in [6, 6.07) is -1.84. The molecule has 1 atom stereocenters. The summed E-state index contributed by atoms with van der Waals surface area (Å²) in [4.78, 5) is 49.7. The van der Waals surface area contributed by atoms with E-state index in [-0.39, 0.29) is 6.04 Å². The Morgan fingerprint density at radius 1 is 1.19 bits per heavy atom. The number of carbonyl (C=O) groups excluding carboxylic acids is 4. The minimum absolute atomic E-state index is 0.0926. The van der Waals surface area contributed by atoms with E-state index in [0.717, 1.165) is 17.7 Å². The maximum atomic E-state index is 12.7. The second kappa shape index (κ2) is 5.46. The Morgan fingerprint density at radius 2 is 1.76 bits per heavy atom. The number of nitrogens with zero attached hydrogens (tertiary/aromatic N) is 1. The average Bonchev–Trinajstić information content (AvgIpc) is 2.86. The molecule has 0 aromatic rings. The lowest BCUT2D eigenvalue weighted by Crippen LogP contribution is -2.67. The molecule has 1 saturated heterocycles. The molecule has 1 aliphatic carbocycles. The third-order valence-corrected chi connectivity index (χ3v) is 4.16. The van der Waals surface area contributed by atoms with E-state index in [1.807, 2.05) is 0 Å². The summed E-state index contributed by atoms with van der Waals surface area (Å²) in [6.07, 6.45) is 2.40. The fourth-order valence-corrected chi connectivity index (χ4v) is 2.99. The number of urea groups is 1. The van der Waals surface area contributed by atoms with Crippen LogP contribution in [0.1, 0.15) is 46.5 Å². The van der Waals surface area contributed by atoms with E-state index in [4.69, 9.17) is 0 Å². The molecular formula is C14H21N3O4. The van der Waals surface area contributed by atoms with Crippen LogP contribution in [-0.2, 0) is 14.4 Å². The van der Waals surface area contributed by atoms with Crippen LogP contribution in [0.4, 0.5) is 4.79 Å². The van der Waals surface area contributed by atoms with Crippen LogP contribution in [0.5, 0.6) is 0 Å². The standard InChI is InChI=1S/C14H21N3O4/c1-8(2)15-10(18)9(3)17-12(20)14(6-4-5-7-14)11(19)16-13(17)21/h8-9H,4-7H2,1-3H3,(H,15,18)(H,16,19,21). The molecule has 1 heterocycles. The second-order valence-electron chi connectivity index (χ2n) is 6.06. The van der Waals surface area contributed by atoms with Crippen LogP contribution in [0.25, 0.3) is 0 Å². The van der Waals surface area contributed by atoms with Crippen molar-refractivity contribution in [3.63, 3.8) is 0 Å². The normalized spacial score (nSPS) is 22.7. The van der Waals surface area contributed by atoms with Crippen molar-refractivity contribution >= 4 is 23.8 Å². The number of hydrogen-bond acceptors (Lipinski definition) is 4. The molecule has 21 heavy (non-hydrogen) atoms. The fourth-order valence-electron chi connectivity index (χ4n) is 2.99. The van der Waals surface area contributed by atoms with Crippen molar-refractivity contribution in [3.8, 4) is 0 Å². The third kappa shape index (κ3) is 2.52. The van der Waals surface area contributed by atoms with Gasteiger partial charge in [0, 0.05) is 6.04 Å². The molecule has 0 bridgehead atoms. The molecule has 2 aliphatic rings. The van der Waals surface area contributed by atoms with Crippen LogP contribution >= 0.6 is 0 Å². The van der Waals surface area contributed by atoms with Gasteiger partial charge < -0.3 is 5.32 Å². The quantitative estimate of drug-likeness (QED) is 0.743. The molecule has 0 radical (unpaired) electrons. The Hall–Kier alpha value is -1.92. The molecule has 0 aromatic heterocycles. The number of imide groups is 2. The Kier molecular flexibility index (Phi) is 4.02. The van der Waals surface area contributed by atoms with E-state index in [2.05, 4.69) is 10.6 Å². The van der Waals surface area contributed by atoms with E-state index >= 15 is 0 Å². The third-order valence-electron chi connectivity index (χ3n) is 4.16. The lowest BCUT2D eigenvalue weighted by molar-refractivity contribution is -0.154. The monoisotopic (exact) mass is 295 g/mol. The Morgan fingerprint density at radius 3 is 2.29 bits per heavy atom. The summed E-state index contributed by atoms with van der Waals surface area (Å²) < 4.78 is 0. The molecule has 7 heteroatoms. The Bertz CT molecular complexity index is 494. The number of hydrogen-bond donors (Lipinski definition) is 2. The van der Waals surface area contributed by atoms with Gasteiger partial charge >= 0.3 is 6.03 Å². The van der Waals surface area contributed by atoms with Gasteiger partial charge in [0.2, 0.25) is 17.7 Å². The zero-order chi connectivity index (χ0) is 15.8. The Balaban J connectivity index is 2.26. The summed E-state index contributed by atoms with van der Waals surface area (Å²) in [5.41, 5.74) is -1.17. The van der Waals surface area contributed by atoms with Crippen molar-refractivity contribution in [2.45, 2.75) is 58.5 Å². The van der Waals surface area contributed by atoms with Crippen molar-refractivity contribution in [3.05, 3.63) is 0 Å². The lowest BCUT2D eigenvalue weighted by atomic mass is 9.81. The number of carbonyl (C=O) groups is 4. The molecule has 1 spiro atoms. The van der Waals surface area contributed by atoms with E-state index in [1.165, 1.54) is 6.92 Å². The van der Waals surface area contributed by atoms with Gasteiger partial charge in [0.1, 0.15) is 11.5 Å². The Labute approximate surface area is 123 Å². The summed E-state index contributed by atoms with van der Waals surface area (Å²) in [7, 11) is 0. The van der Waals surface area contributed by atoms with Gasteiger partial charge in [0.15, 0.2) is 0 Å². The van der Waals surface area contributed by atoms with Crippen LogP contribution in [0.15, 0.2) is 0 Å². The number of rotatable bonds is 3. The van der Waals surface area contributed by atoms with Crippen molar-refractivity contribution in [2.24, 2.45) is 5.41 Å². The molecule has 2 N–H and O–H groups in total. The summed E-state index contributed by atoms with van der Waals surface area (Å²) in [5.74, 6) is -1.47. The summed E-state index contributed by atoms with van der Waals surface area (Å²) in [6.45, 7) is 5.09. The zero-order valence-electron chi connectivity index (χ0n) is 12.6. The average molecular weight is 295 g/mol. The fraction of sp³-hybridized carbons (Fsp3) is 0.714. The van der Waals surface area contributed by atoms with E-state index in [9.17, 15) is 19.2 Å². The maximum absolute atomic E-state index is 12.7. The van der Waals surface area contributed by atoms with E-state index < -0.39 is 35.2 Å². The first kappa shape index (κ1) is 15.5. The predicted molar refractivity (Wildman–Crippen MR) is 74.0 cm³/mol. The SMILES string of the molecule is CC(C)NC(=O)C(C)N1C(=O)NC(=O)C2(CCCC2)C1=O. The van der Waals surface area contributed by atoms with Gasteiger partial charge in [-0.1, -0.05) is 12.8 Å². The minimum Gasteiger partial charge on any atom is -0.352 e. The smallest absolute Gasteiger partial charge is 0.331 e. The molecular weight excluding hydrogens is 274 g/mol. The first-order valence-corrected chi connectivity index (χ1v) is 7.29. The van der Waals surface area contributed by atoms with Crippen LogP contribution in [0.3, 0.4) is 0 Å². The molecule has 116 valence electrons. The van der Waals surface area contributed by atoms with Gasteiger partial charge in [0.05, 0.1) is 0 Å². The molecule has 2 rings (SSSR count). The van der Waals surface area contributed by atoms with Gasteiger partial charge in [-0.3, -0.25) is 24.6 Å². The van der Waals surface area contributed by atoms with Crippen LogP contribution < -0.4 is 10.6 Å². The van der Waals surface area contributed by atoms with Crippen LogP contribution in [0, 0.1) is 5.41 Å². The number of barbiturate groups is 1. The van der Waals surface area contributed by atoms with Gasteiger partial charge in [-0.25, -0.2) is 4.79 Å². The summed E-state index contributed by atoms with van der Waals surface area (Å²) >= 11 is 0.